The first kappa shape index (κ1) is 16.3. The molecule has 4 nitrogen and oxygen atoms in total. The summed E-state index contributed by atoms with van der Waals surface area (Å²) < 4.78 is 0.691. The molecule has 1 aromatic heterocycles. The van der Waals surface area contributed by atoms with E-state index in [1.807, 2.05) is 26.0 Å². The van der Waals surface area contributed by atoms with E-state index >= 15 is 0 Å². The molecule has 1 aliphatic rings. The molecule has 2 rings (SSSR count). The summed E-state index contributed by atoms with van der Waals surface area (Å²) in [6.45, 7) is 7.81. The summed E-state index contributed by atoms with van der Waals surface area (Å²) in [6.07, 6.45) is 1.19. The fourth-order valence-corrected chi connectivity index (χ4v) is 3.95. The van der Waals surface area contributed by atoms with Crippen LogP contribution in [-0.4, -0.2) is 27.8 Å². The van der Waals surface area contributed by atoms with E-state index < -0.39 is 11.1 Å². The molecule has 1 fully saturated rings. The van der Waals surface area contributed by atoms with Crippen molar-refractivity contribution in [3.05, 3.63) is 21.3 Å². The smallest absolute Gasteiger partial charge is 0.248 e. The van der Waals surface area contributed by atoms with Crippen LogP contribution in [0.4, 0.5) is 0 Å². The predicted octanol–water partition coefficient (Wildman–Crippen LogP) is 3.20. The van der Waals surface area contributed by atoms with Crippen molar-refractivity contribution >= 4 is 34.8 Å². The van der Waals surface area contributed by atoms with Gasteiger partial charge in [-0.1, -0.05) is 25.4 Å². The van der Waals surface area contributed by atoms with E-state index in [2.05, 4.69) is 5.32 Å². The number of thiophene rings is 1. The highest BCUT2D eigenvalue weighted by molar-refractivity contribution is 7.16. The maximum absolute atomic E-state index is 12.8. The van der Waals surface area contributed by atoms with Crippen molar-refractivity contribution in [2.45, 2.75) is 58.2 Å². The zero-order chi connectivity index (χ0) is 15.8. The Labute approximate surface area is 134 Å². The van der Waals surface area contributed by atoms with Crippen LogP contribution >= 0.6 is 22.9 Å². The van der Waals surface area contributed by atoms with E-state index in [-0.39, 0.29) is 11.8 Å². The van der Waals surface area contributed by atoms with Gasteiger partial charge in [0.1, 0.15) is 11.1 Å². The molecule has 1 N–H and O–H groups in total. The minimum absolute atomic E-state index is 0.0460. The number of halogens is 1. The van der Waals surface area contributed by atoms with Crippen molar-refractivity contribution in [1.29, 1.82) is 0 Å². The first-order chi connectivity index (χ1) is 9.76. The summed E-state index contributed by atoms with van der Waals surface area (Å²) in [5.41, 5.74) is -1.64. The van der Waals surface area contributed by atoms with Gasteiger partial charge >= 0.3 is 0 Å². The second kappa shape index (κ2) is 5.61. The van der Waals surface area contributed by atoms with Crippen LogP contribution in [0.25, 0.3) is 0 Å². The summed E-state index contributed by atoms with van der Waals surface area (Å²) in [6, 6.07) is 3.73. The highest BCUT2D eigenvalue weighted by Crippen LogP contribution is 2.35. The van der Waals surface area contributed by atoms with Gasteiger partial charge in [0.05, 0.1) is 10.9 Å². The fourth-order valence-electron chi connectivity index (χ4n) is 2.88. The van der Waals surface area contributed by atoms with Gasteiger partial charge in [0.25, 0.3) is 0 Å². The molecule has 0 atom stereocenters. The fraction of sp³-hybridized carbons (Fsp3) is 0.600. The number of carbonyl (C=O) groups excluding carboxylic acids is 2. The second-order valence-corrected chi connectivity index (χ2v) is 7.71. The first-order valence-electron chi connectivity index (χ1n) is 7.15. The van der Waals surface area contributed by atoms with Gasteiger partial charge in [0.15, 0.2) is 0 Å². The van der Waals surface area contributed by atoms with Crippen LogP contribution < -0.4 is 5.32 Å². The highest BCUT2D eigenvalue weighted by atomic mass is 35.5. The van der Waals surface area contributed by atoms with Crippen molar-refractivity contribution < 1.29 is 9.59 Å². The molecule has 0 unspecified atom stereocenters. The second-order valence-electron chi connectivity index (χ2n) is 5.91. The molecule has 0 bridgehead atoms. The molecule has 1 aliphatic heterocycles. The van der Waals surface area contributed by atoms with Crippen LogP contribution in [0.15, 0.2) is 12.1 Å². The van der Waals surface area contributed by atoms with Crippen LogP contribution in [0.2, 0.25) is 4.34 Å². The third kappa shape index (κ3) is 2.69. The molecule has 0 radical (unpaired) electrons. The average molecular weight is 329 g/mol. The lowest BCUT2D eigenvalue weighted by molar-refractivity contribution is -0.163. The number of piperazine rings is 1. The first-order valence-corrected chi connectivity index (χ1v) is 8.35. The number of hydrogen-bond donors (Lipinski definition) is 1. The standard InChI is InChI=1S/C15H21ClN2O2S/c1-5-15(6-2)12(19)17-14(3,4)13(20)18(15)9-10-7-8-11(16)21-10/h7-8H,5-6,9H2,1-4H3,(H,17,19). The van der Waals surface area contributed by atoms with Crippen molar-refractivity contribution in [2.75, 3.05) is 0 Å². The zero-order valence-corrected chi connectivity index (χ0v) is 14.4. The van der Waals surface area contributed by atoms with Crippen LogP contribution in [0.5, 0.6) is 0 Å². The van der Waals surface area contributed by atoms with Gasteiger partial charge in [0, 0.05) is 4.88 Å². The molecule has 0 aromatic carbocycles. The molecule has 0 spiro atoms. The number of nitrogens with zero attached hydrogens (tertiary/aromatic N) is 1. The topological polar surface area (TPSA) is 49.4 Å². The molecule has 116 valence electrons. The third-order valence-electron chi connectivity index (χ3n) is 4.26. The van der Waals surface area contributed by atoms with Gasteiger partial charge in [-0.05, 0) is 38.8 Å². The molecular weight excluding hydrogens is 308 g/mol. The predicted molar refractivity (Wildman–Crippen MR) is 85.4 cm³/mol. The van der Waals surface area contributed by atoms with Gasteiger partial charge < -0.3 is 10.2 Å². The van der Waals surface area contributed by atoms with E-state index in [1.165, 1.54) is 11.3 Å². The van der Waals surface area contributed by atoms with E-state index in [0.29, 0.717) is 23.7 Å². The Morgan fingerprint density at radius 1 is 1.24 bits per heavy atom. The summed E-state index contributed by atoms with van der Waals surface area (Å²) >= 11 is 7.42. The Kier molecular flexibility index (Phi) is 4.36. The summed E-state index contributed by atoms with van der Waals surface area (Å²) in [5.74, 6) is -0.116. The Balaban J connectivity index is 2.43. The van der Waals surface area contributed by atoms with Gasteiger partial charge in [-0.15, -0.1) is 11.3 Å². The Morgan fingerprint density at radius 2 is 1.86 bits per heavy atom. The molecule has 2 heterocycles. The minimum atomic E-state index is -0.869. The van der Waals surface area contributed by atoms with Crippen molar-refractivity contribution in [3.8, 4) is 0 Å². The maximum Gasteiger partial charge on any atom is 0.248 e. The quantitative estimate of drug-likeness (QED) is 0.922. The summed E-state index contributed by atoms with van der Waals surface area (Å²) in [5, 5.41) is 2.87. The van der Waals surface area contributed by atoms with Crippen molar-refractivity contribution in [3.63, 3.8) is 0 Å². The van der Waals surface area contributed by atoms with Crippen LogP contribution in [0, 0.1) is 0 Å². The molecule has 1 aromatic rings. The average Bonchev–Trinajstić information content (AvgIpc) is 2.82. The maximum atomic E-state index is 12.8. The van der Waals surface area contributed by atoms with Crippen LogP contribution in [0.3, 0.4) is 0 Å². The molecule has 0 saturated carbocycles. The van der Waals surface area contributed by atoms with E-state index in [0.717, 1.165) is 4.88 Å². The van der Waals surface area contributed by atoms with Crippen molar-refractivity contribution in [1.82, 2.24) is 10.2 Å². The lowest BCUT2D eigenvalue weighted by Crippen LogP contribution is -2.73. The van der Waals surface area contributed by atoms with Gasteiger partial charge in [-0.3, -0.25) is 9.59 Å². The molecule has 21 heavy (non-hydrogen) atoms. The number of hydrogen-bond acceptors (Lipinski definition) is 3. The van der Waals surface area contributed by atoms with Gasteiger partial charge in [0.2, 0.25) is 11.8 Å². The third-order valence-corrected chi connectivity index (χ3v) is 5.47. The minimum Gasteiger partial charge on any atom is -0.340 e. The number of carbonyl (C=O) groups is 2. The summed E-state index contributed by atoms with van der Waals surface area (Å²) in [4.78, 5) is 28.2. The molecule has 1 saturated heterocycles. The lowest BCUT2D eigenvalue weighted by Gasteiger charge is -2.50. The molecule has 6 heteroatoms. The number of amides is 2. The Bertz CT molecular complexity index is 564. The van der Waals surface area contributed by atoms with E-state index in [9.17, 15) is 9.59 Å². The Hall–Kier alpha value is -1.07. The molecule has 2 amide bonds. The van der Waals surface area contributed by atoms with Crippen LogP contribution in [0.1, 0.15) is 45.4 Å². The lowest BCUT2D eigenvalue weighted by atomic mass is 9.82. The Morgan fingerprint density at radius 3 is 2.33 bits per heavy atom. The van der Waals surface area contributed by atoms with Gasteiger partial charge in [-0.25, -0.2) is 0 Å². The zero-order valence-electron chi connectivity index (χ0n) is 12.8. The highest BCUT2D eigenvalue weighted by Gasteiger charge is 2.53. The van der Waals surface area contributed by atoms with Crippen molar-refractivity contribution in [2.24, 2.45) is 0 Å². The van der Waals surface area contributed by atoms with E-state index in [1.54, 1.807) is 18.7 Å². The number of rotatable bonds is 4. The van der Waals surface area contributed by atoms with Gasteiger partial charge in [-0.2, -0.15) is 0 Å². The van der Waals surface area contributed by atoms with E-state index in [4.69, 9.17) is 11.6 Å². The number of nitrogens with one attached hydrogen (secondary N) is 1. The van der Waals surface area contributed by atoms with Crippen LogP contribution in [-0.2, 0) is 16.1 Å². The summed E-state index contributed by atoms with van der Waals surface area (Å²) in [7, 11) is 0. The molecule has 0 aliphatic carbocycles. The largest absolute Gasteiger partial charge is 0.340 e. The molecular formula is C15H21ClN2O2S. The monoisotopic (exact) mass is 328 g/mol. The normalized spacial score (nSPS) is 20.5. The SMILES string of the molecule is CCC1(CC)C(=O)NC(C)(C)C(=O)N1Cc1ccc(Cl)s1.